The molecule has 5 rings (SSSR count). The Kier molecular flexibility index (Phi) is 9.10. The highest BCUT2D eigenvalue weighted by molar-refractivity contribution is 5.95. The minimum atomic E-state index is 0.261. The lowest BCUT2D eigenvalue weighted by Crippen LogP contribution is -2.34. The van der Waals surface area contributed by atoms with Crippen molar-refractivity contribution in [2.24, 2.45) is 5.92 Å². The molecule has 0 radical (unpaired) electrons. The molecule has 1 aliphatic heterocycles. The molecular weight excluding hydrogens is 482 g/mol. The van der Waals surface area contributed by atoms with Crippen molar-refractivity contribution in [1.29, 1.82) is 0 Å². The van der Waals surface area contributed by atoms with E-state index in [9.17, 15) is 4.79 Å². The minimum absolute atomic E-state index is 0.261. The molecule has 39 heavy (non-hydrogen) atoms. The van der Waals surface area contributed by atoms with Gasteiger partial charge in [0.25, 0.3) is 0 Å². The van der Waals surface area contributed by atoms with Gasteiger partial charge in [0.15, 0.2) is 5.78 Å². The number of piperidine rings is 1. The molecular formula is C34H41N3O2. The van der Waals surface area contributed by atoms with E-state index in [1.807, 2.05) is 42.5 Å². The Bertz CT molecular complexity index is 1350. The number of para-hydroxylation sites is 1. The topological polar surface area (TPSA) is 47.4 Å². The number of likely N-dealkylation sites (tertiary alicyclic amines) is 1. The minimum Gasteiger partial charge on any atom is -0.486 e. The number of ketones is 1. The van der Waals surface area contributed by atoms with Gasteiger partial charge in [-0.15, -0.1) is 0 Å². The van der Waals surface area contributed by atoms with Gasteiger partial charge in [-0.1, -0.05) is 60.2 Å². The molecule has 204 valence electrons. The number of hydrogen-bond donors (Lipinski definition) is 0. The van der Waals surface area contributed by atoms with E-state index in [4.69, 9.17) is 9.72 Å². The standard InChI is InChI=1S/C34H41N3O2/c1-26-15-17-30(18-16-26)39-25-33-35-34-27(2)9-6-13-31(34)37(33)22-7-10-28-19-23-36(24-20-28)21-8-14-32(38)29-11-4-3-5-12-29/h3-6,9,11-13,15-18,28H,7-8,10,14,19-25H2,1-2H3. The number of carbonyl (C=O) groups excluding carboxylic acids is 1. The molecule has 0 spiro atoms. The Morgan fingerprint density at radius 3 is 2.44 bits per heavy atom. The van der Waals surface area contributed by atoms with E-state index in [2.05, 4.69) is 53.6 Å². The summed E-state index contributed by atoms with van der Waals surface area (Å²) in [6.07, 6.45) is 6.47. The normalized spacial score (nSPS) is 14.6. The molecule has 1 fully saturated rings. The number of rotatable bonds is 12. The number of fused-ring (bicyclic) bond motifs is 1. The first-order valence-electron chi connectivity index (χ1n) is 14.5. The van der Waals surface area contributed by atoms with Crippen LogP contribution >= 0.6 is 0 Å². The van der Waals surface area contributed by atoms with Crippen molar-refractivity contribution in [3.8, 4) is 5.75 Å². The lowest BCUT2D eigenvalue weighted by atomic mass is 9.92. The van der Waals surface area contributed by atoms with Crippen molar-refractivity contribution in [3.05, 3.63) is 95.3 Å². The zero-order valence-electron chi connectivity index (χ0n) is 23.4. The van der Waals surface area contributed by atoms with Crippen molar-refractivity contribution >= 4 is 16.8 Å². The van der Waals surface area contributed by atoms with Gasteiger partial charge in [-0.25, -0.2) is 4.98 Å². The van der Waals surface area contributed by atoms with Gasteiger partial charge in [-0.3, -0.25) is 4.79 Å². The van der Waals surface area contributed by atoms with Crippen molar-refractivity contribution in [2.75, 3.05) is 19.6 Å². The van der Waals surface area contributed by atoms with Gasteiger partial charge in [-0.05, 0) is 95.3 Å². The highest BCUT2D eigenvalue weighted by atomic mass is 16.5. The van der Waals surface area contributed by atoms with Crippen LogP contribution in [0, 0.1) is 19.8 Å². The number of imidazole rings is 1. The maximum Gasteiger partial charge on any atom is 0.162 e. The molecule has 0 amide bonds. The van der Waals surface area contributed by atoms with Crippen LogP contribution < -0.4 is 4.74 Å². The monoisotopic (exact) mass is 523 g/mol. The van der Waals surface area contributed by atoms with Gasteiger partial charge in [0, 0.05) is 18.5 Å². The van der Waals surface area contributed by atoms with Gasteiger partial charge in [-0.2, -0.15) is 0 Å². The summed E-state index contributed by atoms with van der Waals surface area (Å²) in [5.41, 5.74) is 5.56. The van der Waals surface area contributed by atoms with Crippen molar-refractivity contribution in [1.82, 2.24) is 14.5 Å². The number of nitrogens with zero attached hydrogens (tertiary/aromatic N) is 3. The van der Waals surface area contributed by atoms with Crippen LogP contribution in [0.3, 0.4) is 0 Å². The summed E-state index contributed by atoms with van der Waals surface area (Å²) < 4.78 is 8.50. The fourth-order valence-corrected chi connectivity index (χ4v) is 5.75. The Morgan fingerprint density at radius 1 is 0.897 bits per heavy atom. The zero-order chi connectivity index (χ0) is 27.0. The first kappa shape index (κ1) is 27.1. The average molecular weight is 524 g/mol. The number of ether oxygens (including phenoxy) is 1. The molecule has 0 saturated carbocycles. The van der Waals surface area contributed by atoms with E-state index in [1.54, 1.807) is 0 Å². The fraction of sp³-hybridized carbons (Fsp3) is 0.412. The number of benzene rings is 3. The fourth-order valence-electron chi connectivity index (χ4n) is 5.75. The number of aryl methyl sites for hydroxylation is 3. The Hall–Kier alpha value is -3.44. The molecule has 1 saturated heterocycles. The largest absolute Gasteiger partial charge is 0.486 e. The van der Waals surface area contributed by atoms with E-state index >= 15 is 0 Å². The summed E-state index contributed by atoms with van der Waals surface area (Å²) in [6, 6.07) is 24.3. The van der Waals surface area contributed by atoms with Crippen LogP contribution in [-0.4, -0.2) is 39.9 Å². The molecule has 0 N–H and O–H groups in total. The smallest absolute Gasteiger partial charge is 0.162 e. The number of aromatic nitrogens is 2. The third kappa shape index (κ3) is 7.15. The second kappa shape index (κ2) is 13.1. The van der Waals surface area contributed by atoms with Gasteiger partial charge in [0.2, 0.25) is 0 Å². The van der Waals surface area contributed by atoms with Gasteiger partial charge < -0.3 is 14.2 Å². The number of Topliss-reactive ketones (excluding diaryl/α,β-unsaturated/α-hetero) is 1. The highest BCUT2D eigenvalue weighted by Gasteiger charge is 2.20. The molecule has 0 unspecified atom stereocenters. The SMILES string of the molecule is Cc1ccc(OCc2nc3c(C)cccc3n2CCCC2CCN(CCCC(=O)c3ccccc3)CC2)cc1. The second-order valence-corrected chi connectivity index (χ2v) is 11.0. The Labute approximate surface area is 232 Å². The average Bonchev–Trinajstić information content (AvgIpc) is 3.32. The summed E-state index contributed by atoms with van der Waals surface area (Å²) in [5, 5.41) is 0. The van der Waals surface area contributed by atoms with Gasteiger partial charge in [0.1, 0.15) is 18.2 Å². The van der Waals surface area contributed by atoms with Gasteiger partial charge in [0.05, 0.1) is 11.0 Å². The molecule has 1 aliphatic rings. The van der Waals surface area contributed by atoms with Crippen LogP contribution in [0.1, 0.15) is 65.8 Å². The quantitative estimate of drug-likeness (QED) is 0.182. The lowest BCUT2D eigenvalue weighted by molar-refractivity contribution is 0.0969. The molecule has 0 atom stereocenters. The molecule has 3 aromatic carbocycles. The Morgan fingerprint density at radius 2 is 1.67 bits per heavy atom. The van der Waals surface area contributed by atoms with Crippen LogP contribution in [0.15, 0.2) is 72.8 Å². The van der Waals surface area contributed by atoms with E-state index < -0.39 is 0 Å². The third-order valence-electron chi connectivity index (χ3n) is 8.12. The van der Waals surface area contributed by atoms with Crippen LogP contribution in [-0.2, 0) is 13.2 Å². The van der Waals surface area contributed by atoms with Crippen molar-refractivity contribution in [2.45, 2.75) is 65.5 Å². The van der Waals surface area contributed by atoms with Crippen LogP contribution in [0.25, 0.3) is 11.0 Å². The van der Waals surface area contributed by atoms with Crippen LogP contribution in [0.4, 0.5) is 0 Å². The van der Waals surface area contributed by atoms with Crippen LogP contribution in [0.2, 0.25) is 0 Å². The van der Waals surface area contributed by atoms with E-state index in [0.717, 1.165) is 67.6 Å². The number of carbonyl (C=O) groups is 1. The summed E-state index contributed by atoms with van der Waals surface area (Å²) in [6.45, 7) is 8.98. The summed E-state index contributed by atoms with van der Waals surface area (Å²) in [5.74, 6) is 2.92. The number of hydrogen-bond acceptors (Lipinski definition) is 4. The summed E-state index contributed by atoms with van der Waals surface area (Å²) in [4.78, 5) is 19.9. The zero-order valence-corrected chi connectivity index (χ0v) is 23.4. The predicted octanol–water partition coefficient (Wildman–Crippen LogP) is 7.39. The van der Waals surface area contributed by atoms with E-state index in [-0.39, 0.29) is 5.78 Å². The third-order valence-corrected chi connectivity index (χ3v) is 8.12. The second-order valence-electron chi connectivity index (χ2n) is 11.0. The summed E-state index contributed by atoms with van der Waals surface area (Å²) in [7, 11) is 0. The lowest BCUT2D eigenvalue weighted by Gasteiger charge is -2.32. The molecule has 5 nitrogen and oxygen atoms in total. The maximum absolute atomic E-state index is 12.4. The molecule has 5 heteroatoms. The molecule has 2 heterocycles. The summed E-state index contributed by atoms with van der Waals surface area (Å²) >= 11 is 0. The predicted molar refractivity (Wildman–Crippen MR) is 158 cm³/mol. The molecule has 0 bridgehead atoms. The molecule has 1 aromatic heterocycles. The van der Waals surface area contributed by atoms with E-state index in [0.29, 0.717) is 13.0 Å². The highest BCUT2D eigenvalue weighted by Crippen LogP contribution is 2.25. The first-order valence-corrected chi connectivity index (χ1v) is 14.5. The Balaban J connectivity index is 1.09. The molecule has 0 aliphatic carbocycles. The van der Waals surface area contributed by atoms with Gasteiger partial charge >= 0.3 is 0 Å². The van der Waals surface area contributed by atoms with Crippen molar-refractivity contribution in [3.63, 3.8) is 0 Å². The van der Waals surface area contributed by atoms with Crippen LogP contribution in [0.5, 0.6) is 5.75 Å². The van der Waals surface area contributed by atoms with E-state index in [1.165, 1.54) is 35.9 Å². The molecule has 4 aromatic rings. The first-order chi connectivity index (χ1) is 19.1. The van der Waals surface area contributed by atoms with Crippen molar-refractivity contribution < 1.29 is 9.53 Å². The maximum atomic E-state index is 12.4.